The summed E-state index contributed by atoms with van der Waals surface area (Å²) < 4.78 is 15.7. The third-order valence-electron chi connectivity index (χ3n) is 4.05. The van der Waals surface area contributed by atoms with E-state index >= 15 is 0 Å². The van der Waals surface area contributed by atoms with E-state index in [9.17, 15) is 9.59 Å². The number of esters is 2. The Morgan fingerprint density at radius 2 is 1.41 bits per heavy atom. The van der Waals surface area contributed by atoms with Gasteiger partial charge < -0.3 is 14.2 Å². The Morgan fingerprint density at radius 1 is 0.889 bits per heavy atom. The minimum Gasteiger partial charge on any atom is -0.490 e. The lowest BCUT2D eigenvalue weighted by atomic mass is 9.87. The van der Waals surface area contributed by atoms with E-state index in [4.69, 9.17) is 9.47 Å². The highest BCUT2D eigenvalue weighted by Gasteiger charge is 2.15. The standard InChI is InChI=1S/C22H26O5/c1-15(14-26-19-12-10-18(11-13-19)22(2,3)4)27-21(24)17-8-6-16(7-9-17)20(23)25-5/h6-13,15H,14H2,1-5H3. The number of methoxy groups -OCH3 is 1. The van der Waals surface area contributed by atoms with E-state index in [0.29, 0.717) is 11.1 Å². The van der Waals surface area contributed by atoms with E-state index in [-0.39, 0.29) is 12.0 Å². The number of benzene rings is 2. The van der Waals surface area contributed by atoms with E-state index in [2.05, 4.69) is 25.5 Å². The predicted octanol–water partition coefficient (Wildman–Crippen LogP) is 4.40. The van der Waals surface area contributed by atoms with Crippen LogP contribution in [0, 0.1) is 0 Å². The summed E-state index contributed by atoms with van der Waals surface area (Å²) in [5.74, 6) is -0.187. The molecular weight excluding hydrogens is 344 g/mol. The molecule has 0 bridgehead atoms. The molecule has 5 nitrogen and oxygen atoms in total. The summed E-state index contributed by atoms with van der Waals surface area (Å²) >= 11 is 0. The van der Waals surface area contributed by atoms with Crippen LogP contribution in [0.3, 0.4) is 0 Å². The van der Waals surface area contributed by atoms with Crippen molar-refractivity contribution in [1.29, 1.82) is 0 Å². The molecule has 1 unspecified atom stereocenters. The number of ether oxygens (including phenoxy) is 3. The van der Waals surface area contributed by atoms with Crippen LogP contribution in [-0.4, -0.2) is 31.8 Å². The van der Waals surface area contributed by atoms with Crippen molar-refractivity contribution in [2.75, 3.05) is 13.7 Å². The van der Waals surface area contributed by atoms with Gasteiger partial charge in [-0.3, -0.25) is 0 Å². The zero-order chi connectivity index (χ0) is 20.0. The van der Waals surface area contributed by atoms with Crippen LogP contribution >= 0.6 is 0 Å². The fourth-order valence-corrected chi connectivity index (χ4v) is 2.41. The van der Waals surface area contributed by atoms with Crippen molar-refractivity contribution in [3.63, 3.8) is 0 Å². The van der Waals surface area contributed by atoms with Gasteiger partial charge in [-0.05, 0) is 54.3 Å². The van der Waals surface area contributed by atoms with Gasteiger partial charge in [-0.15, -0.1) is 0 Å². The molecule has 1 atom stereocenters. The first-order valence-electron chi connectivity index (χ1n) is 8.83. The molecule has 144 valence electrons. The number of rotatable bonds is 6. The lowest BCUT2D eigenvalue weighted by Crippen LogP contribution is -2.22. The van der Waals surface area contributed by atoms with Crippen LogP contribution in [0.25, 0.3) is 0 Å². The van der Waals surface area contributed by atoms with Crippen molar-refractivity contribution >= 4 is 11.9 Å². The van der Waals surface area contributed by atoms with Crippen LogP contribution in [0.1, 0.15) is 54.0 Å². The molecule has 0 aliphatic heterocycles. The molecule has 2 aromatic carbocycles. The van der Waals surface area contributed by atoms with Crippen molar-refractivity contribution in [3.05, 3.63) is 65.2 Å². The maximum Gasteiger partial charge on any atom is 0.338 e. The fraction of sp³-hybridized carbons (Fsp3) is 0.364. The SMILES string of the molecule is COC(=O)c1ccc(C(=O)OC(C)COc2ccc(C(C)(C)C)cc2)cc1. The third-order valence-corrected chi connectivity index (χ3v) is 4.05. The van der Waals surface area contributed by atoms with E-state index in [1.807, 2.05) is 24.3 Å². The van der Waals surface area contributed by atoms with Crippen molar-refractivity contribution in [2.24, 2.45) is 0 Å². The molecule has 0 aromatic heterocycles. The smallest absolute Gasteiger partial charge is 0.338 e. The summed E-state index contributed by atoms with van der Waals surface area (Å²) in [5.41, 5.74) is 2.06. The van der Waals surface area contributed by atoms with Crippen LogP contribution in [0.15, 0.2) is 48.5 Å². The largest absolute Gasteiger partial charge is 0.490 e. The summed E-state index contributed by atoms with van der Waals surface area (Å²) in [5, 5.41) is 0. The Morgan fingerprint density at radius 3 is 1.89 bits per heavy atom. The van der Waals surface area contributed by atoms with Crippen LogP contribution in [0.4, 0.5) is 0 Å². The maximum atomic E-state index is 12.2. The summed E-state index contributed by atoms with van der Waals surface area (Å²) in [6.45, 7) is 8.48. The normalized spacial score (nSPS) is 12.2. The highest BCUT2D eigenvalue weighted by Crippen LogP contribution is 2.24. The molecule has 5 heteroatoms. The Labute approximate surface area is 160 Å². The van der Waals surface area contributed by atoms with Gasteiger partial charge in [-0.2, -0.15) is 0 Å². The van der Waals surface area contributed by atoms with Gasteiger partial charge in [0.15, 0.2) is 0 Å². The first kappa shape index (κ1) is 20.5. The zero-order valence-electron chi connectivity index (χ0n) is 16.4. The number of carbonyl (C=O) groups excluding carboxylic acids is 2. The molecule has 0 N–H and O–H groups in total. The Kier molecular flexibility index (Phi) is 6.61. The van der Waals surface area contributed by atoms with Gasteiger partial charge in [0.1, 0.15) is 18.5 Å². The van der Waals surface area contributed by atoms with E-state index in [1.54, 1.807) is 6.92 Å². The molecule has 2 rings (SSSR count). The lowest BCUT2D eigenvalue weighted by Gasteiger charge is -2.19. The molecule has 0 saturated heterocycles. The van der Waals surface area contributed by atoms with E-state index < -0.39 is 18.0 Å². The third kappa shape index (κ3) is 5.84. The van der Waals surface area contributed by atoms with Gasteiger partial charge in [-0.1, -0.05) is 32.9 Å². The molecule has 0 radical (unpaired) electrons. The maximum absolute atomic E-state index is 12.2. The topological polar surface area (TPSA) is 61.8 Å². The first-order chi connectivity index (χ1) is 12.7. The van der Waals surface area contributed by atoms with Crippen LogP contribution < -0.4 is 4.74 Å². The van der Waals surface area contributed by atoms with Gasteiger partial charge in [0.2, 0.25) is 0 Å². The summed E-state index contributed by atoms with van der Waals surface area (Å²) in [7, 11) is 1.31. The van der Waals surface area contributed by atoms with Crippen molar-refractivity contribution in [1.82, 2.24) is 0 Å². The second kappa shape index (κ2) is 8.71. The average molecular weight is 370 g/mol. The molecule has 0 aliphatic carbocycles. The Hall–Kier alpha value is -2.82. The number of hydrogen-bond acceptors (Lipinski definition) is 5. The van der Waals surface area contributed by atoms with Gasteiger partial charge >= 0.3 is 11.9 Å². The minimum absolute atomic E-state index is 0.0881. The van der Waals surface area contributed by atoms with Crippen molar-refractivity contribution in [2.45, 2.75) is 39.2 Å². The number of hydrogen-bond donors (Lipinski definition) is 0. The molecule has 2 aromatic rings. The molecule has 0 fully saturated rings. The molecule has 0 saturated carbocycles. The molecule has 0 amide bonds. The highest BCUT2D eigenvalue weighted by atomic mass is 16.6. The second-order valence-electron chi connectivity index (χ2n) is 7.37. The molecule has 0 heterocycles. The summed E-state index contributed by atoms with van der Waals surface area (Å²) in [4.78, 5) is 23.6. The lowest BCUT2D eigenvalue weighted by molar-refractivity contribution is 0.0228. The van der Waals surface area contributed by atoms with Gasteiger partial charge in [-0.25, -0.2) is 9.59 Å². The molecule has 0 spiro atoms. The summed E-state index contributed by atoms with van der Waals surface area (Å²) in [6, 6.07) is 14.0. The zero-order valence-corrected chi connectivity index (χ0v) is 16.4. The second-order valence-corrected chi connectivity index (χ2v) is 7.37. The quantitative estimate of drug-likeness (QED) is 0.706. The Balaban J connectivity index is 1.87. The molecule has 0 aliphatic rings. The van der Waals surface area contributed by atoms with Crippen LogP contribution in [-0.2, 0) is 14.9 Å². The highest BCUT2D eigenvalue weighted by molar-refractivity contribution is 5.93. The van der Waals surface area contributed by atoms with Crippen LogP contribution in [0.5, 0.6) is 5.75 Å². The Bertz CT molecular complexity index is 770. The van der Waals surface area contributed by atoms with Crippen molar-refractivity contribution in [3.8, 4) is 5.75 Å². The van der Waals surface area contributed by atoms with E-state index in [1.165, 1.54) is 36.9 Å². The monoisotopic (exact) mass is 370 g/mol. The first-order valence-corrected chi connectivity index (χ1v) is 8.83. The van der Waals surface area contributed by atoms with Crippen molar-refractivity contribution < 1.29 is 23.8 Å². The van der Waals surface area contributed by atoms with Gasteiger partial charge in [0, 0.05) is 0 Å². The van der Waals surface area contributed by atoms with Crippen LogP contribution in [0.2, 0.25) is 0 Å². The minimum atomic E-state index is -0.467. The van der Waals surface area contributed by atoms with Gasteiger partial charge in [0.25, 0.3) is 0 Å². The van der Waals surface area contributed by atoms with Gasteiger partial charge in [0.05, 0.1) is 18.2 Å². The predicted molar refractivity (Wildman–Crippen MR) is 103 cm³/mol. The average Bonchev–Trinajstić information content (AvgIpc) is 2.65. The molecule has 27 heavy (non-hydrogen) atoms. The fourth-order valence-electron chi connectivity index (χ4n) is 2.41. The van der Waals surface area contributed by atoms with E-state index in [0.717, 1.165) is 5.75 Å². The summed E-state index contributed by atoms with van der Waals surface area (Å²) in [6.07, 6.45) is -0.417. The number of carbonyl (C=O) groups is 2. The molecular formula is C22H26O5.